The standard InChI is InChI=1S/C17H29N3O/c1-5-14-13(9-10-18-12(3)4)15(6-2)20-17(19-14)16-8-7-11-21-16/h12,16,18H,5-11H2,1-4H3. The van der Waals surface area contributed by atoms with E-state index < -0.39 is 0 Å². The Hall–Kier alpha value is -1.00. The number of ether oxygens (including phenoxy) is 1. The lowest BCUT2D eigenvalue weighted by Gasteiger charge is -2.17. The van der Waals surface area contributed by atoms with E-state index in [9.17, 15) is 0 Å². The second-order valence-corrected chi connectivity index (χ2v) is 6.02. The quantitative estimate of drug-likeness (QED) is 0.839. The van der Waals surface area contributed by atoms with Crippen LogP contribution in [0.3, 0.4) is 0 Å². The van der Waals surface area contributed by atoms with Crippen LogP contribution < -0.4 is 5.32 Å². The Bertz CT molecular complexity index is 428. The second-order valence-electron chi connectivity index (χ2n) is 6.02. The number of aromatic nitrogens is 2. The molecule has 0 saturated carbocycles. The molecule has 1 atom stereocenters. The molecule has 2 rings (SSSR count). The Balaban J connectivity index is 2.21. The van der Waals surface area contributed by atoms with E-state index >= 15 is 0 Å². The van der Waals surface area contributed by atoms with Gasteiger partial charge in [0.15, 0.2) is 5.82 Å². The monoisotopic (exact) mass is 291 g/mol. The summed E-state index contributed by atoms with van der Waals surface area (Å²) in [6.07, 6.45) is 5.23. The average Bonchev–Trinajstić information content (AvgIpc) is 3.00. The zero-order chi connectivity index (χ0) is 15.2. The van der Waals surface area contributed by atoms with E-state index in [2.05, 4.69) is 33.0 Å². The molecule has 1 saturated heterocycles. The van der Waals surface area contributed by atoms with Gasteiger partial charge in [0.05, 0.1) is 0 Å². The minimum absolute atomic E-state index is 0.114. The van der Waals surface area contributed by atoms with Crippen LogP contribution in [0.4, 0.5) is 0 Å². The van der Waals surface area contributed by atoms with Crippen LogP contribution in [0.1, 0.15) is 69.4 Å². The van der Waals surface area contributed by atoms with E-state index in [-0.39, 0.29) is 6.10 Å². The predicted octanol–water partition coefficient (Wildman–Crippen LogP) is 2.99. The molecule has 1 unspecified atom stereocenters. The maximum Gasteiger partial charge on any atom is 0.157 e. The number of hydrogen-bond acceptors (Lipinski definition) is 4. The number of rotatable bonds is 7. The maximum absolute atomic E-state index is 5.75. The lowest BCUT2D eigenvalue weighted by Crippen LogP contribution is -2.26. The van der Waals surface area contributed by atoms with Gasteiger partial charge in [-0.2, -0.15) is 0 Å². The van der Waals surface area contributed by atoms with E-state index in [1.165, 1.54) is 17.0 Å². The van der Waals surface area contributed by atoms with Crippen molar-refractivity contribution in [3.63, 3.8) is 0 Å². The zero-order valence-electron chi connectivity index (χ0n) is 13.9. The van der Waals surface area contributed by atoms with Crippen LogP contribution in [0, 0.1) is 0 Å². The van der Waals surface area contributed by atoms with E-state index in [4.69, 9.17) is 14.7 Å². The highest BCUT2D eigenvalue weighted by atomic mass is 16.5. The zero-order valence-corrected chi connectivity index (χ0v) is 13.9. The molecule has 0 aromatic carbocycles. The van der Waals surface area contributed by atoms with E-state index in [1.54, 1.807) is 0 Å². The van der Waals surface area contributed by atoms with Gasteiger partial charge in [0.25, 0.3) is 0 Å². The molecule has 0 bridgehead atoms. The topological polar surface area (TPSA) is 47.0 Å². The first-order valence-electron chi connectivity index (χ1n) is 8.39. The van der Waals surface area contributed by atoms with Gasteiger partial charge in [0.2, 0.25) is 0 Å². The van der Waals surface area contributed by atoms with Gasteiger partial charge in [-0.05, 0) is 44.2 Å². The number of aryl methyl sites for hydroxylation is 2. The summed E-state index contributed by atoms with van der Waals surface area (Å²) in [7, 11) is 0. The SMILES string of the molecule is CCc1nc(C2CCCO2)nc(CC)c1CCNC(C)C. The highest BCUT2D eigenvalue weighted by molar-refractivity contribution is 5.27. The molecule has 4 nitrogen and oxygen atoms in total. The first-order valence-corrected chi connectivity index (χ1v) is 8.39. The summed E-state index contributed by atoms with van der Waals surface area (Å²) in [4.78, 5) is 9.63. The van der Waals surface area contributed by atoms with Crippen LogP contribution in [0.15, 0.2) is 0 Å². The van der Waals surface area contributed by atoms with Crippen LogP contribution >= 0.6 is 0 Å². The molecule has 1 N–H and O–H groups in total. The van der Waals surface area contributed by atoms with Gasteiger partial charge in [0, 0.05) is 24.0 Å². The van der Waals surface area contributed by atoms with Crippen LogP contribution in [-0.4, -0.2) is 29.2 Å². The van der Waals surface area contributed by atoms with Crippen LogP contribution in [-0.2, 0) is 24.0 Å². The number of nitrogens with one attached hydrogen (secondary N) is 1. The third kappa shape index (κ3) is 4.24. The Kier molecular flexibility index (Phi) is 6.12. The lowest BCUT2D eigenvalue weighted by atomic mass is 10.0. The fourth-order valence-corrected chi connectivity index (χ4v) is 2.89. The van der Waals surface area contributed by atoms with Gasteiger partial charge >= 0.3 is 0 Å². The third-order valence-corrected chi connectivity index (χ3v) is 4.01. The first kappa shape index (κ1) is 16.4. The Morgan fingerprint density at radius 2 is 1.86 bits per heavy atom. The van der Waals surface area contributed by atoms with Crippen molar-refractivity contribution in [3.8, 4) is 0 Å². The Morgan fingerprint density at radius 3 is 2.33 bits per heavy atom. The summed E-state index contributed by atoms with van der Waals surface area (Å²) in [6, 6.07) is 0.521. The molecule has 0 radical (unpaired) electrons. The minimum atomic E-state index is 0.114. The summed E-state index contributed by atoms with van der Waals surface area (Å²) < 4.78 is 5.75. The van der Waals surface area contributed by atoms with Gasteiger partial charge in [-0.1, -0.05) is 27.7 Å². The molecule has 0 spiro atoms. The summed E-state index contributed by atoms with van der Waals surface area (Å²) in [6.45, 7) is 10.6. The molecule has 118 valence electrons. The molecular weight excluding hydrogens is 262 g/mol. The Morgan fingerprint density at radius 1 is 1.19 bits per heavy atom. The minimum Gasteiger partial charge on any atom is -0.370 e. The van der Waals surface area contributed by atoms with Crippen molar-refractivity contribution in [1.29, 1.82) is 0 Å². The molecule has 1 aromatic rings. The second kappa shape index (κ2) is 7.85. The summed E-state index contributed by atoms with van der Waals surface area (Å²) in [5.41, 5.74) is 3.76. The van der Waals surface area contributed by atoms with Crippen LogP contribution in [0.5, 0.6) is 0 Å². The third-order valence-electron chi connectivity index (χ3n) is 4.01. The van der Waals surface area contributed by atoms with Gasteiger partial charge in [-0.25, -0.2) is 9.97 Å². The molecule has 1 fully saturated rings. The van der Waals surface area contributed by atoms with Crippen molar-refractivity contribution in [3.05, 3.63) is 22.8 Å². The molecule has 0 amide bonds. The number of hydrogen-bond donors (Lipinski definition) is 1. The molecule has 0 aliphatic carbocycles. The predicted molar refractivity (Wildman–Crippen MR) is 85.6 cm³/mol. The molecule has 2 heterocycles. The molecule has 21 heavy (non-hydrogen) atoms. The molecular formula is C17H29N3O. The summed E-state index contributed by atoms with van der Waals surface area (Å²) in [5, 5.41) is 3.49. The molecule has 1 aliphatic heterocycles. The fourth-order valence-electron chi connectivity index (χ4n) is 2.89. The van der Waals surface area contributed by atoms with Crippen molar-refractivity contribution < 1.29 is 4.74 Å². The van der Waals surface area contributed by atoms with Gasteiger partial charge in [-0.3, -0.25) is 0 Å². The lowest BCUT2D eigenvalue weighted by molar-refractivity contribution is 0.104. The van der Waals surface area contributed by atoms with Crippen molar-refractivity contribution in [2.45, 2.75) is 71.9 Å². The Labute approximate surface area is 128 Å². The number of nitrogens with zero attached hydrogens (tertiary/aromatic N) is 2. The molecule has 4 heteroatoms. The molecule has 1 aromatic heterocycles. The van der Waals surface area contributed by atoms with Crippen molar-refractivity contribution in [2.75, 3.05) is 13.2 Å². The van der Waals surface area contributed by atoms with Gasteiger partial charge in [0.1, 0.15) is 6.10 Å². The van der Waals surface area contributed by atoms with Crippen LogP contribution in [0.25, 0.3) is 0 Å². The van der Waals surface area contributed by atoms with Crippen LogP contribution in [0.2, 0.25) is 0 Å². The fraction of sp³-hybridized carbons (Fsp3) is 0.765. The van der Waals surface area contributed by atoms with E-state index in [1.807, 2.05) is 0 Å². The highest BCUT2D eigenvalue weighted by Gasteiger charge is 2.23. The van der Waals surface area contributed by atoms with E-state index in [0.717, 1.165) is 51.1 Å². The van der Waals surface area contributed by atoms with Gasteiger partial charge in [-0.15, -0.1) is 0 Å². The summed E-state index contributed by atoms with van der Waals surface area (Å²) >= 11 is 0. The van der Waals surface area contributed by atoms with Crippen molar-refractivity contribution in [1.82, 2.24) is 15.3 Å². The first-order chi connectivity index (χ1) is 10.2. The maximum atomic E-state index is 5.75. The highest BCUT2D eigenvalue weighted by Crippen LogP contribution is 2.27. The normalized spacial score (nSPS) is 18.6. The smallest absolute Gasteiger partial charge is 0.157 e. The van der Waals surface area contributed by atoms with Gasteiger partial charge < -0.3 is 10.1 Å². The molecule has 1 aliphatic rings. The largest absolute Gasteiger partial charge is 0.370 e. The van der Waals surface area contributed by atoms with E-state index in [0.29, 0.717) is 6.04 Å². The van der Waals surface area contributed by atoms with Crippen molar-refractivity contribution in [2.24, 2.45) is 0 Å². The summed E-state index contributed by atoms with van der Waals surface area (Å²) in [5.74, 6) is 0.904. The van der Waals surface area contributed by atoms with Crippen molar-refractivity contribution >= 4 is 0 Å². The average molecular weight is 291 g/mol.